The van der Waals surface area contributed by atoms with E-state index in [4.69, 9.17) is 18.7 Å². The van der Waals surface area contributed by atoms with Crippen molar-refractivity contribution in [3.05, 3.63) is 24.1 Å². The zero-order valence-electron chi connectivity index (χ0n) is 14.8. The fourth-order valence-corrected chi connectivity index (χ4v) is 2.52. The average molecular weight is 375 g/mol. The van der Waals surface area contributed by atoms with Gasteiger partial charge in [-0.3, -0.25) is 19.3 Å². The van der Waals surface area contributed by atoms with E-state index >= 15 is 0 Å². The van der Waals surface area contributed by atoms with Crippen molar-refractivity contribution in [2.45, 2.75) is 19.4 Å². The van der Waals surface area contributed by atoms with Gasteiger partial charge in [0.05, 0.1) is 14.2 Å². The van der Waals surface area contributed by atoms with E-state index in [2.05, 4.69) is 10.1 Å². The molecule has 3 rings (SSSR count). The van der Waals surface area contributed by atoms with Gasteiger partial charge >= 0.3 is 5.97 Å². The molecule has 0 N–H and O–H groups in total. The second kappa shape index (κ2) is 7.85. The molecular weight excluding hydrogens is 358 g/mol. The number of likely N-dealkylation sites (tertiary alicyclic amines) is 1. The first kappa shape index (κ1) is 18.4. The molecular formula is C17H17N3O7. The number of aromatic nitrogens is 2. The van der Waals surface area contributed by atoms with E-state index in [0.29, 0.717) is 17.1 Å². The zero-order valence-corrected chi connectivity index (χ0v) is 14.8. The Morgan fingerprint density at radius 2 is 1.85 bits per heavy atom. The molecule has 10 nitrogen and oxygen atoms in total. The van der Waals surface area contributed by atoms with Crippen LogP contribution in [0.1, 0.15) is 18.7 Å². The van der Waals surface area contributed by atoms with Crippen LogP contribution in [0.4, 0.5) is 0 Å². The first-order chi connectivity index (χ1) is 13.0. The van der Waals surface area contributed by atoms with Crippen LogP contribution in [0.5, 0.6) is 11.5 Å². The predicted octanol–water partition coefficient (Wildman–Crippen LogP) is 0.946. The Balaban J connectivity index is 1.60. The summed E-state index contributed by atoms with van der Waals surface area (Å²) in [7, 11) is 3.04. The van der Waals surface area contributed by atoms with E-state index in [-0.39, 0.29) is 43.0 Å². The molecule has 0 aliphatic carbocycles. The Morgan fingerprint density at radius 3 is 2.52 bits per heavy atom. The fraction of sp³-hybridized carbons (Fsp3) is 0.353. The second-order valence-electron chi connectivity index (χ2n) is 5.62. The number of hydrogen-bond acceptors (Lipinski definition) is 9. The summed E-state index contributed by atoms with van der Waals surface area (Å²) in [6.45, 7) is -0.691. The summed E-state index contributed by atoms with van der Waals surface area (Å²) in [6.07, 6.45) is 0.231. The zero-order chi connectivity index (χ0) is 19.4. The Kier molecular flexibility index (Phi) is 5.34. The molecule has 0 radical (unpaired) electrons. The van der Waals surface area contributed by atoms with E-state index in [1.165, 1.54) is 14.2 Å². The largest absolute Gasteiger partial charge is 0.493 e. The maximum Gasteiger partial charge on any atom is 0.326 e. The number of carbonyl (C=O) groups excluding carboxylic acids is 3. The summed E-state index contributed by atoms with van der Waals surface area (Å²) in [5.41, 5.74) is 0.627. The van der Waals surface area contributed by atoms with Gasteiger partial charge in [0.25, 0.3) is 5.89 Å². The van der Waals surface area contributed by atoms with Gasteiger partial charge in [-0.05, 0) is 18.2 Å². The molecule has 1 aliphatic rings. The van der Waals surface area contributed by atoms with Crippen LogP contribution in [0.2, 0.25) is 0 Å². The molecule has 0 bridgehead atoms. The van der Waals surface area contributed by atoms with Crippen LogP contribution in [0.3, 0.4) is 0 Å². The fourth-order valence-electron chi connectivity index (χ4n) is 2.52. The van der Waals surface area contributed by atoms with Crippen LogP contribution < -0.4 is 9.47 Å². The van der Waals surface area contributed by atoms with Crippen LogP contribution >= 0.6 is 0 Å². The summed E-state index contributed by atoms with van der Waals surface area (Å²) in [4.78, 5) is 39.8. The van der Waals surface area contributed by atoms with Gasteiger partial charge in [-0.1, -0.05) is 5.16 Å². The lowest BCUT2D eigenvalue weighted by Crippen LogP contribution is -2.35. The first-order valence-corrected chi connectivity index (χ1v) is 8.05. The number of methoxy groups -OCH3 is 2. The molecule has 1 aromatic carbocycles. The molecule has 1 fully saturated rings. The van der Waals surface area contributed by atoms with E-state index in [0.717, 1.165) is 4.90 Å². The lowest BCUT2D eigenvalue weighted by Gasteiger charge is -2.11. The predicted molar refractivity (Wildman–Crippen MR) is 88.6 cm³/mol. The van der Waals surface area contributed by atoms with Crippen molar-refractivity contribution in [3.8, 4) is 22.9 Å². The summed E-state index contributed by atoms with van der Waals surface area (Å²) in [5.74, 6) is -0.0721. The Labute approximate surface area is 154 Å². The van der Waals surface area contributed by atoms with Gasteiger partial charge in [0.2, 0.25) is 17.6 Å². The van der Waals surface area contributed by atoms with Gasteiger partial charge in [0, 0.05) is 18.4 Å². The highest BCUT2D eigenvalue weighted by atomic mass is 16.6. The highest BCUT2D eigenvalue weighted by molar-refractivity contribution is 6.04. The number of amides is 2. The van der Waals surface area contributed by atoms with Crippen LogP contribution in [0.15, 0.2) is 22.7 Å². The third kappa shape index (κ3) is 4.05. The van der Waals surface area contributed by atoms with Gasteiger partial charge in [-0.25, -0.2) is 0 Å². The van der Waals surface area contributed by atoms with Crippen molar-refractivity contribution >= 4 is 17.8 Å². The number of imide groups is 1. The number of rotatable bonds is 7. The molecule has 0 unspecified atom stereocenters. The molecule has 2 amide bonds. The normalized spacial score (nSPS) is 13.8. The molecule has 142 valence electrons. The lowest BCUT2D eigenvalue weighted by atomic mass is 10.2. The minimum Gasteiger partial charge on any atom is -0.493 e. The van der Waals surface area contributed by atoms with E-state index in [9.17, 15) is 14.4 Å². The quantitative estimate of drug-likeness (QED) is 0.514. The minimum atomic E-state index is -0.732. The Morgan fingerprint density at radius 1 is 1.15 bits per heavy atom. The van der Waals surface area contributed by atoms with Crippen molar-refractivity contribution in [1.82, 2.24) is 15.0 Å². The smallest absolute Gasteiger partial charge is 0.326 e. The summed E-state index contributed by atoms with van der Waals surface area (Å²) < 4.78 is 20.4. The maximum atomic E-state index is 11.8. The monoisotopic (exact) mass is 375 g/mol. The molecule has 2 heterocycles. The second-order valence-corrected chi connectivity index (χ2v) is 5.62. The molecule has 1 saturated heterocycles. The van der Waals surface area contributed by atoms with E-state index < -0.39 is 12.5 Å². The third-order valence-corrected chi connectivity index (χ3v) is 3.91. The van der Waals surface area contributed by atoms with Gasteiger partial charge in [0.1, 0.15) is 6.54 Å². The third-order valence-electron chi connectivity index (χ3n) is 3.91. The highest BCUT2D eigenvalue weighted by Crippen LogP contribution is 2.31. The van der Waals surface area contributed by atoms with Crippen LogP contribution in [-0.4, -0.2) is 53.6 Å². The standard InChI is InChI=1S/C17H17N3O7/c1-24-11-4-3-10(7-12(11)25-2)17-18-13(27-19-17)9-26-16(23)8-20-14(21)5-6-15(20)22/h3-4,7H,5-6,8-9H2,1-2H3. The van der Waals surface area contributed by atoms with Crippen molar-refractivity contribution in [1.29, 1.82) is 0 Å². The molecule has 1 aromatic heterocycles. The van der Waals surface area contributed by atoms with Crippen molar-refractivity contribution in [2.24, 2.45) is 0 Å². The number of esters is 1. The summed E-state index contributed by atoms with van der Waals surface area (Å²) in [5, 5.41) is 3.83. The first-order valence-electron chi connectivity index (χ1n) is 8.05. The number of carbonyl (C=O) groups is 3. The molecule has 2 aromatic rings. The summed E-state index contributed by atoms with van der Waals surface area (Å²) in [6, 6.07) is 5.12. The van der Waals surface area contributed by atoms with Gasteiger partial charge < -0.3 is 18.7 Å². The Hall–Kier alpha value is -3.43. The topological polar surface area (TPSA) is 121 Å². The number of ether oxygens (including phenoxy) is 3. The van der Waals surface area contributed by atoms with Crippen molar-refractivity contribution < 1.29 is 33.1 Å². The molecule has 1 aliphatic heterocycles. The van der Waals surface area contributed by atoms with Crippen LogP contribution in [0, 0.1) is 0 Å². The molecule has 0 spiro atoms. The SMILES string of the molecule is COc1ccc(-c2noc(COC(=O)CN3C(=O)CCC3=O)n2)cc1OC. The molecule has 10 heteroatoms. The van der Waals surface area contributed by atoms with Crippen molar-refractivity contribution in [3.63, 3.8) is 0 Å². The lowest BCUT2D eigenvalue weighted by molar-refractivity contribution is -0.153. The molecule has 0 saturated carbocycles. The molecule has 27 heavy (non-hydrogen) atoms. The van der Waals surface area contributed by atoms with Gasteiger partial charge in [-0.2, -0.15) is 4.98 Å². The van der Waals surface area contributed by atoms with Gasteiger partial charge in [-0.15, -0.1) is 0 Å². The highest BCUT2D eigenvalue weighted by Gasteiger charge is 2.31. The number of nitrogens with zero attached hydrogens (tertiary/aromatic N) is 3. The van der Waals surface area contributed by atoms with Gasteiger partial charge in [0.15, 0.2) is 18.1 Å². The molecule has 0 atom stereocenters. The number of benzene rings is 1. The Bertz CT molecular complexity index is 861. The minimum absolute atomic E-state index is 0.0761. The van der Waals surface area contributed by atoms with Crippen molar-refractivity contribution in [2.75, 3.05) is 20.8 Å². The average Bonchev–Trinajstić information content (AvgIpc) is 3.28. The maximum absolute atomic E-state index is 11.8. The number of hydrogen-bond donors (Lipinski definition) is 0. The van der Waals surface area contributed by atoms with Crippen LogP contribution in [0.25, 0.3) is 11.4 Å². The van der Waals surface area contributed by atoms with E-state index in [1.807, 2.05) is 0 Å². The summed E-state index contributed by atoms with van der Waals surface area (Å²) >= 11 is 0. The van der Waals surface area contributed by atoms with E-state index in [1.54, 1.807) is 18.2 Å². The van der Waals surface area contributed by atoms with Crippen LogP contribution in [-0.2, 0) is 25.7 Å².